The molecule has 18 heavy (non-hydrogen) atoms. The molecule has 1 aromatic carbocycles. The lowest BCUT2D eigenvalue weighted by molar-refractivity contribution is 0.563. The zero-order valence-electron chi connectivity index (χ0n) is 10.8. The summed E-state index contributed by atoms with van der Waals surface area (Å²) in [4.78, 5) is 0. The Bertz CT molecular complexity index is 446. The van der Waals surface area contributed by atoms with Gasteiger partial charge in [-0.15, -0.1) is 0 Å². The van der Waals surface area contributed by atoms with E-state index in [-0.39, 0.29) is 6.04 Å². The molecule has 0 saturated carbocycles. The highest BCUT2D eigenvalue weighted by Crippen LogP contribution is 2.17. The normalized spacial score (nSPS) is 11.8. The van der Waals surface area contributed by atoms with Crippen molar-refractivity contribution in [3.63, 3.8) is 0 Å². The number of nitrogens with two attached hydrogens (primary N) is 1. The van der Waals surface area contributed by atoms with Crippen molar-refractivity contribution in [2.45, 2.75) is 26.3 Å². The summed E-state index contributed by atoms with van der Waals surface area (Å²) in [5, 5.41) is 0. The summed E-state index contributed by atoms with van der Waals surface area (Å²) in [7, 11) is -3.52. The summed E-state index contributed by atoms with van der Waals surface area (Å²) in [6.07, 6.45) is 0.619. The van der Waals surface area contributed by atoms with Crippen LogP contribution in [0.2, 0.25) is 0 Å². The van der Waals surface area contributed by atoms with Gasteiger partial charge < -0.3 is 5.73 Å². The van der Waals surface area contributed by atoms with Crippen LogP contribution >= 0.6 is 0 Å². The number of nitrogens with one attached hydrogen (secondary N) is 1. The Morgan fingerprint density at radius 1 is 1.28 bits per heavy atom. The van der Waals surface area contributed by atoms with Crippen molar-refractivity contribution in [3.05, 3.63) is 30.3 Å². The lowest BCUT2D eigenvalue weighted by Crippen LogP contribution is -2.44. The Kier molecular flexibility index (Phi) is 5.58. The van der Waals surface area contributed by atoms with E-state index in [0.717, 1.165) is 0 Å². The third kappa shape index (κ3) is 4.29. The van der Waals surface area contributed by atoms with Crippen molar-refractivity contribution in [2.75, 3.05) is 17.4 Å². The van der Waals surface area contributed by atoms with Crippen molar-refractivity contribution in [1.82, 2.24) is 4.72 Å². The second-order valence-electron chi connectivity index (χ2n) is 4.33. The smallest absolute Gasteiger partial charge is 0.301 e. The molecule has 102 valence electrons. The molecule has 1 rings (SSSR count). The molecule has 0 bridgehead atoms. The minimum atomic E-state index is -3.52. The molecule has 0 heterocycles. The molecular formula is C12H21N3O2S. The third-order valence-corrected chi connectivity index (χ3v) is 4.03. The van der Waals surface area contributed by atoms with E-state index in [1.165, 1.54) is 4.31 Å². The third-order valence-electron chi connectivity index (χ3n) is 2.28. The zero-order valence-corrected chi connectivity index (χ0v) is 11.7. The first-order valence-corrected chi connectivity index (χ1v) is 7.46. The molecule has 3 N–H and O–H groups in total. The summed E-state index contributed by atoms with van der Waals surface area (Å²) < 4.78 is 28.4. The molecule has 6 heteroatoms. The van der Waals surface area contributed by atoms with Gasteiger partial charge >= 0.3 is 10.2 Å². The molecule has 0 atom stereocenters. The van der Waals surface area contributed by atoms with Gasteiger partial charge in [0.15, 0.2) is 0 Å². The second kappa shape index (κ2) is 6.72. The van der Waals surface area contributed by atoms with Gasteiger partial charge in [0.1, 0.15) is 0 Å². The maximum Gasteiger partial charge on any atom is 0.301 e. The van der Waals surface area contributed by atoms with Crippen LogP contribution in [0.1, 0.15) is 20.3 Å². The molecular weight excluding hydrogens is 250 g/mol. The zero-order chi connectivity index (χ0) is 13.6. The lowest BCUT2D eigenvalue weighted by atomic mass is 10.3. The van der Waals surface area contributed by atoms with E-state index in [2.05, 4.69) is 4.72 Å². The highest BCUT2D eigenvalue weighted by atomic mass is 32.2. The maximum atomic E-state index is 12.2. The first-order valence-electron chi connectivity index (χ1n) is 6.02. The fraction of sp³-hybridized carbons (Fsp3) is 0.500. The van der Waals surface area contributed by atoms with Gasteiger partial charge in [0, 0.05) is 12.6 Å². The van der Waals surface area contributed by atoms with Crippen LogP contribution in [0.3, 0.4) is 0 Å². The highest BCUT2D eigenvalue weighted by Gasteiger charge is 2.22. The van der Waals surface area contributed by atoms with E-state index in [1.807, 2.05) is 18.2 Å². The number of anilines is 1. The Hall–Kier alpha value is -1.11. The minimum Gasteiger partial charge on any atom is -0.330 e. The molecule has 0 spiro atoms. The van der Waals surface area contributed by atoms with Gasteiger partial charge in [-0.1, -0.05) is 18.2 Å². The van der Waals surface area contributed by atoms with E-state index in [1.54, 1.807) is 26.0 Å². The van der Waals surface area contributed by atoms with Crippen molar-refractivity contribution < 1.29 is 8.42 Å². The van der Waals surface area contributed by atoms with Crippen LogP contribution in [0.4, 0.5) is 5.69 Å². The average molecular weight is 271 g/mol. The van der Waals surface area contributed by atoms with Gasteiger partial charge in [-0.05, 0) is 38.9 Å². The molecule has 0 aliphatic rings. The molecule has 0 unspecified atom stereocenters. The van der Waals surface area contributed by atoms with Crippen molar-refractivity contribution >= 4 is 15.9 Å². The Balaban J connectivity index is 2.98. The molecule has 5 nitrogen and oxygen atoms in total. The van der Waals surface area contributed by atoms with Crippen LogP contribution in [0.25, 0.3) is 0 Å². The largest absolute Gasteiger partial charge is 0.330 e. The lowest BCUT2D eigenvalue weighted by Gasteiger charge is -2.25. The molecule has 0 aliphatic heterocycles. The predicted octanol–water partition coefficient (Wildman–Crippen LogP) is 1.08. The van der Waals surface area contributed by atoms with Gasteiger partial charge in [0.25, 0.3) is 0 Å². The van der Waals surface area contributed by atoms with Crippen LogP contribution in [0.15, 0.2) is 30.3 Å². The SMILES string of the molecule is CC(C)NS(=O)(=O)N(CCCN)c1ccccc1. The standard InChI is InChI=1S/C12H21N3O2S/c1-11(2)14-18(16,17)15(10-6-9-13)12-7-4-3-5-8-12/h3-5,7-8,11,14H,6,9-10,13H2,1-2H3. The number of nitrogens with zero attached hydrogens (tertiary/aromatic N) is 1. The fourth-order valence-electron chi connectivity index (χ4n) is 1.58. The van der Waals surface area contributed by atoms with Gasteiger partial charge in [-0.2, -0.15) is 13.1 Å². The van der Waals surface area contributed by atoms with Gasteiger partial charge in [-0.25, -0.2) is 0 Å². The van der Waals surface area contributed by atoms with Gasteiger partial charge in [-0.3, -0.25) is 4.31 Å². The van der Waals surface area contributed by atoms with Crippen LogP contribution in [0.5, 0.6) is 0 Å². The van der Waals surface area contributed by atoms with Crippen LogP contribution in [-0.4, -0.2) is 27.5 Å². The Morgan fingerprint density at radius 2 is 1.89 bits per heavy atom. The molecule has 1 aromatic rings. The molecule has 0 aromatic heterocycles. The second-order valence-corrected chi connectivity index (χ2v) is 5.95. The fourth-order valence-corrected chi connectivity index (χ4v) is 3.07. The number of benzene rings is 1. The van der Waals surface area contributed by atoms with Crippen molar-refractivity contribution in [3.8, 4) is 0 Å². The predicted molar refractivity (Wildman–Crippen MR) is 74.7 cm³/mol. The van der Waals surface area contributed by atoms with E-state index in [4.69, 9.17) is 5.73 Å². The van der Waals surface area contributed by atoms with Gasteiger partial charge in [0.05, 0.1) is 5.69 Å². The average Bonchev–Trinajstić information content (AvgIpc) is 2.29. The van der Waals surface area contributed by atoms with E-state index in [9.17, 15) is 8.42 Å². The molecule has 0 fully saturated rings. The highest BCUT2D eigenvalue weighted by molar-refractivity contribution is 7.90. The van der Waals surface area contributed by atoms with E-state index in [0.29, 0.717) is 25.2 Å². The summed E-state index contributed by atoms with van der Waals surface area (Å²) in [5.74, 6) is 0. The van der Waals surface area contributed by atoms with Crippen molar-refractivity contribution in [1.29, 1.82) is 0 Å². The Labute approximate surface area is 109 Å². The first kappa shape index (κ1) is 14.9. The van der Waals surface area contributed by atoms with Gasteiger partial charge in [0.2, 0.25) is 0 Å². The summed E-state index contributed by atoms with van der Waals surface area (Å²) >= 11 is 0. The number of para-hydroxylation sites is 1. The maximum absolute atomic E-state index is 12.2. The molecule has 0 saturated heterocycles. The molecule has 0 aliphatic carbocycles. The van der Waals surface area contributed by atoms with Crippen LogP contribution < -0.4 is 14.8 Å². The van der Waals surface area contributed by atoms with Crippen molar-refractivity contribution in [2.24, 2.45) is 5.73 Å². The number of hydrogen-bond acceptors (Lipinski definition) is 3. The number of hydrogen-bond donors (Lipinski definition) is 2. The monoisotopic (exact) mass is 271 g/mol. The molecule has 0 amide bonds. The first-order chi connectivity index (χ1) is 8.47. The molecule has 0 radical (unpaired) electrons. The van der Waals surface area contributed by atoms with E-state index < -0.39 is 10.2 Å². The number of rotatable bonds is 7. The summed E-state index contributed by atoms with van der Waals surface area (Å²) in [6, 6.07) is 8.89. The minimum absolute atomic E-state index is 0.140. The van der Waals surface area contributed by atoms with Crippen LogP contribution in [-0.2, 0) is 10.2 Å². The topological polar surface area (TPSA) is 75.4 Å². The van der Waals surface area contributed by atoms with Crippen LogP contribution in [0, 0.1) is 0 Å². The quantitative estimate of drug-likeness (QED) is 0.779. The summed E-state index contributed by atoms with van der Waals surface area (Å²) in [6.45, 7) is 4.43. The summed E-state index contributed by atoms with van der Waals surface area (Å²) in [5.41, 5.74) is 6.11. The Morgan fingerprint density at radius 3 is 2.39 bits per heavy atom. The van der Waals surface area contributed by atoms with E-state index >= 15 is 0 Å².